The van der Waals surface area contributed by atoms with Crippen molar-refractivity contribution in [3.05, 3.63) is 48.4 Å². The first-order valence-electron chi connectivity index (χ1n) is 7.01. The van der Waals surface area contributed by atoms with Gasteiger partial charge in [-0.05, 0) is 0 Å². The zero-order chi connectivity index (χ0) is 15.6. The summed E-state index contributed by atoms with van der Waals surface area (Å²) < 4.78 is 5.35. The van der Waals surface area contributed by atoms with Crippen LogP contribution in [0.5, 0.6) is 0 Å². The lowest BCUT2D eigenvalue weighted by atomic mass is 10.1. The van der Waals surface area contributed by atoms with Crippen LogP contribution in [0.25, 0.3) is 22.3 Å². The standard InChI is InChI=1S/C15H13N7O/c16-15-19-13(11-8-18-21-14(11)20-15)17-7-10-6-12(22-23-10)9-4-2-1-3-5-9/h1-6,8H,7H2,(H4,16,17,18,19,20,21). The summed E-state index contributed by atoms with van der Waals surface area (Å²) in [4.78, 5) is 8.25. The van der Waals surface area contributed by atoms with Crippen molar-refractivity contribution in [3.8, 4) is 11.3 Å². The van der Waals surface area contributed by atoms with Crippen LogP contribution in [0.2, 0.25) is 0 Å². The molecule has 4 rings (SSSR count). The number of H-pyrrole nitrogens is 1. The highest BCUT2D eigenvalue weighted by molar-refractivity contribution is 5.86. The van der Waals surface area contributed by atoms with Crippen LogP contribution in [-0.2, 0) is 6.54 Å². The summed E-state index contributed by atoms with van der Waals surface area (Å²) in [7, 11) is 0. The Bertz CT molecular complexity index is 945. The van der Waals surface area contributed by atoms with Gasteiger partial charge in [0.15, 0.2) is 11.4 Å². The summed E-state index contributed by atoms with van der Waals surface area (Å²) >= 11 is 0. The van der Waals surface area contributed by atoms with E-state index in [1.807, 2.05) is 36.4 Å². The van der Waals surface area contributed by atoms with Crippen molar-refractivity contribution in [2.24, 2.45) is 0 Å². The highest BCUT2D eigenvalue weighted by atomic mass is 16.5. The second-order valence-corrected chi connectivity index (χ2v) is 4.96. The Morgan fingerprint density at radius 1 is 1.17 bits per heavy atom. The highest BCUT2D eigenvalue weighted by Gasteiger charge is 2.10. The molecule has 0 unspecified atom stereocenters. The molecular formula is C15H13N7O. The Hall–Kier alpha value is -3.42. The van der Waals surface area contributed by atoms with Gasteiger partial charge in [-0.1, -0.05) is 35.5 Å². The Kier molecular flexibility index (Phi) is 3.12. The number of aromatic nitrogens is 5. The van der Waals surface area contributed by atoms with E-state index in [0.717, 1.165) is 16.6 Å². The number of nitrogens with two attached hydrogens (primary N) is 1. The molecule has 4 aromatic rings. The third-order valence-corrected chi connectivity index (χ3v) is 3.39. The van der Waals surface area contributed by atoms with Crippen molar-refractivity contribution < 1.29 is 4.52 Å². The normalized spacial score (nSPS) is 11.0. The predicted octanol–water partition coefficient (Wildman–Crippen LogP) is 2.20. The number of benzene rings is 1. The molecule has 3 heterocycles. The topological polar surface area (TPSA) is 119 Å². The SMILES string of the molecule is Nc1nc(NCc2cc(-c3ccccc3)no2)c2cn[nH]c2n1. The fourth-order valence-electron chi connectivity index (χ4n) is 2.30. The van der Waals surface area contributed by atoms with Gasteiger partial charge in [0.1, 0.15) is 11.5 Å². The second kappa shape index (κ2) is 5.41. The maximum atomic E-state index is 5.69. The zero-order valence-corrected chi connectivity index (χ0v) is 12.0. The van der Waals surface area contributed by atoms with Gasteiger partial charge < -0.3 is 15.6 Å². The fourth-order valence-corrected chi connectivity index (χ4v) is 2.30. The first-order valence-corrected chi connectivity index (χ1v) is 7.01. The number of aromatic amines is 1. The first-order chi connectivity index (χ1) is 11.3. The van der Waals surface area contributed by atoms with E-state index in [4.69, 9.17) is 10.3 Å². The van der Waals surface area contributed by atoms with Gasteiger partial charge in [-0.2, -0.15) is 15.1 Å². The average Bonchev–Trinajstić information content (AvgIpc) is 3.22. The largest absolute Gasteiger partial charge is 0.368 e. The van der Waals surface area contributed by atoms with Gasteiger partial charge in [0, 0.05) is 11.6 Å². The second-order valence-electron chi connectivity index (χ2n) is 4.96. The van der Waals surface area contributed by atoms with Gasteiger partial charge in [0.2, 0.25) is 5.95 Å². The van der Waals surface area contributed by atoms with Crippen LogP contribution in [-0.4, -0.2) is 25.3 Å². The Morgan fingerprint density at radius 3 is 2.91 bits per heavy atom. The summed E-state index contributed by atoms with van der Waals surface area (Å²) in [5, 5.41) is 14.7. The predicted molar refractivity (Wildman–Crippen MR) is 85.4 cm³/mol. The number of anilines is 2. The number of hydrogen-bond acceptors (Lipinski definition) is 7. The minimum atomic E-state index is 0.173. The fraction of sp³-hybridized carbons (Fsp3) is 0.0667. The lowest BCUT2D eigenvalue weighted by Crippen LogP contribution is -2.04. The molecule has 0 aliphatic carbocycles. The lowest BCUT2D eigenvalue weighted by Gasteiger charge is -2.04. The van der Waals surface area contributed by atoms with E-state index in [1.54, 1.807) is 6.20 Å². The van der Waals surface area contributed by atoms with Gasteiger partial charge >= 0.3 is 0 Å². The van der Waals surface area contributed by atoms with Crippen molar-refractivity contribution in [3.63, 3.8) is 0 Å². The smallest absolute Gasteiger partial charge is 0.224 e. The number of hydrogen-bond donors (Lipinski definition) is 3. The molecule has 0 aliphatic heterocycles. The number of rotatable bonds is 4. The van der Waals surface area contributed by atoms with Crippen LogP contribution >= 0.6 is 0 Å². The first kappa shape index (κ1) is 13.3. The van der Waals surface area contributed by atoms with E-state index < -0.39 is 0 Å². The molecule has 0 spiro atoms. The molecular weight excluding hydrogens is 294 g/mol. The molecule has 0 amide bonds. The highest BCUT2D eigenvalue weighted by Crippen LogP contribution is 2.21. The van der Waals surface area contributed by atoms with E-state index in [-0.39, 0.29) is 5.95 Å². The molecule has 1 aromatic carbocycles. The quantitative estimate of drug-likeness (QED) is 0.528. The van der Waals surface area contributed by atoms with E-state index in [1.165, 1.54) is 0 Å². The molecule has 0 fully saturated rings. The van der Waals surface area contributed by atoms with E-state index in [9.17, 15) is 0 Å². The lowest BCUT2D eigenvalue weighted by molar-refractivity contribution is 0.390. The van der Waals surface area contributed by atoms with Crippen LogP contribution < -0.4 is 11.1 Å². The summed E-state index contributed by atoms with van der Waals surface area (Å²) in [5.41, 5.74) is 8.07. The molecule has 3 aromatic heterocycles. The maximum Gasteiger partial charge on any atom is 0.224 e. The van der Waals surface area contributed by atoms with Crippen molar-refractivity contribution in [2.45, 2.75) is 6.54 Å². The van der Waals surface area contributed by atoms with E-state index >= 15 is 0 Å². The van der Waals surface area contributed by atoms with Crippen molar-refractivity contribution in [2.75, 3.05) is 11.1 Å². The molecule has 8 heteroatoms. The minimum absolute atomic E-state index is 0.173. The van der Waals surface area contributed by atoms with E-state index in [2.05, 4.69) is 30.6 Å². The summed E-state index contributed by atoms with van der Waals surface area (Å²) in [5.74, 6) is 1.46. The molecule has 4 N–H and O–H groups in total. The monoisotopic (exact) mass is 307 g/mol. The zero-order valence-electron chi connectivity index (χ0n) is 12.0. The number of nitrogens with zero attached hydrogens (tertiary/aromatic N) is 4. The molecule has 0 saturated carbocycles. The molecule has 0 aliphatic rings. The third-order valence-electron chi connectivity index (χ3n) is 3.39. The minimum Gasteiger partial charge on any atom is -0.368 e. The van der Waals surface area contributed by atoms with Crippen molar-refractivity contribution >= 4 is 22.8 Å². The average molecular weight is 307 g/mol. The molecule has 0 bridgehead atoms. The Balaban J connectivity index is 1.55. The van der Waals surface area contributed by atoms with Gasteiger partial charge in [-0.25, -0.2) is 0 Å². The summed E-state index contributed by atoms with van der Waals surface area (Å²) in [6.07, 6.45) is 1.65. The molecule has 0 saturated heterocycles. The molecule has 23 heavy (non-hydrogen) atoms. The van der Waals surface area contributed by atoms with Gasteiger partial charge in [-0.3, -0.25) is 5.10 Å². The molecule has 8 nitrogen and oxygen atoms in total. The van der Waals surface area contributed by atoms with Crippen LogP contribution in [0.4, 0.5) is 11.8 Å². The van der Waals surface area contributed by atoms with E-state index in [0.29, 0.717) is 23.8 Å². The van der Waals surface area contributed by atoms with Gasteiger partial charge in [-0.15, -0.1) is 0 Å². The molecule has 114 valence electrons. The van der Waals surface area contributed by atoms with Crippen LogP contribution in [0.1, 0.15) is 5.76 Å². The van der Waals surface area contributed by atoms with Gasteiger partial charge in [0.05, 0.1) is 18.1 Å². The number of nitrogens with one attached hydrogen (secondary N) is 2. The van der Waals surface area contributed by atoms with Crippen LogP contribution in [0.3, 0.4) is 0 Å². The summed E-state index contributed by atoms with van der Waals surface area (Å²) in [6.45, 7) is 0.427. The van der Waals surface area contributed by atoms with Crippen LogP contribution in [0, 0.1) is 0 Å². The summed E-state index contributed by atoms with van der Waals surface area (Å²) in [6, 6.07) is 11.7. The third kappa shape index (κ3) is 2.57. The Labute approximate surface area is 130 Å². The molecule has 0 radical (unpaired) electrons. The Morgan fingerprint density at radius 2 is 2.04 bits per heavy atom. The van der Waals surface area contributed by atoms with Gasteiger partial charge in [0.25, 0.3) is 0 Å². The van der Waals surface area contributed by atoms with Crippen molar-refractivity contribution in [1.82, 2.24) is 25.3 Å². The number of fused-ring (bicyclic) bond motifs is 1. The maximum absolute atomic E-state index is 5.69. The van der Waals surface area contributed by atoms with Crippen molar-refractivity contribution in [1.29, 1.82) is 0 Å². The number of nitrogen functional groups attached to an aromatic ring is 1. The molecule has 0 atom stereocenters. The van der Waals surface area contributed by atoms with Crippen LogP contribution in [0.15, 0.2) is 47.1 Å².